The number of carbonyl (C=O) groups is 1. The number of carbonyl (C=O) groups excluding carboxylic acids is 1. The van der Waals surface area contributed by atoms with Gasteiger partial charge in [-0.1, -0.05) is 17.2 Å². The quantitative estimate of drug-likeness (QED) is 0.443. The maximum atomic E-state index is 12.5. The van der Waals surface area contributed by atoms with Crippen LogP contribution in [0.4, 0.5) is 17.4 Å². The molecule has 0 unspecified atom stereocenters. The van der Waals surface area contributed by atoms with Crippen molar-refractivity contribution in [3.05, 3.63) is 66.7 Å². The number of pyridine rings is 1. The van der Waals surface area contributed by atoms with Crippen molar-refractivity contribution in [1.82, 2.24) is 20.2 Å². The van der Waals surface area contributed by atoms with Crippen molar-refractivity contribution in [2.45, 2.75) is 31.6 Å². The Morgan fingerprint density at radius 2 is 1.90 bits per heavy atom. The number of aromatic amines is 1. The molecule has 3 N–H and O–H groups in total. The Balaban J connectivity index is 1.22. The van der Waals surface area contributed by atoms with Gasteiger partial charge in [-0.2, -0.15) is 0 Å². The highest BCUT2D eigenvalue weighted by atomic mass is 16.4. The zero-order valence-electron chi connectivity index (χ0n) is 16.3. The molecule has 5 rings (SSSR count). The van der Waals surface area contributed by atoms with Crippen molar-refractivity contribution in [3.63, 3.8) is 0 Å². The first-order valence-corrected chi connectivity index (χ1v) is 10.0. The Bertz CT molecular complexity index is 1160. The Morgan fingerprint density at radius 3 is 2.73 bits per heavy atom. The number of aromatic nitrogens is 4. The van der Waals surface area contributed by atoms with Crippen LogP contribution in [0, 0.1) is 6.42 Å². The van der Waals surface area contributed by atoms with E-state index in [0.717, 1.165) is 11.0 Å². The molecule has 0 aliphatic heterocycles. The second-order valence-corrected chi connectivity index (χ2v) is 7.39. The van der Waals surface area contributed by atoms with E-state index in [1.807, 2.05) is 30.5 Å². The summed E-state index contributed by atoms with van der Waals surface area (Å²) in [5, 5.41) is 14.4. The summed E-state index contributed by atoms with van der Waals surface area (Å²) in [5.41, 5.74) is 3.49. The average Bonchev–Trinajstić information content (AvgIpc) is 3.44. The van der Waals surface area contributed by atoms with Gasteiger partial charge in [-0.05, 0) is 67.9 Å². The summed E-state index contributed by atoms with van der Waals surface area (Å²) in [6, 6.07) is 11.9. The van der Waals surface area contributed by atoms with Crippen LogP contribution in [0.5, 0.6) is 0 Å². The van der Waals surface area contributed by atoms with Gasteiger partial charge in [0, 0.05) is 17.3 Å². The monoisotopic (exact) mass is 401 g/mol. The van der Waals surface area contributed by atoms with Crippen LogP contribution < -0.4 is 10.6 Å². The molecule has 1 aliphatic rings. The minimum atomic E-state index is -0.449. The van der Waals surface area contributed by atoms with Gasteiger partial charge in [0.2, 0.25) is 0 Å². The fourth-order valence-corrected chi connectivity index (χ4v) is 3.78. The number of hydrogen-bond donors (Lipinski definition) is 3. The molecular weight excluding hydrogens is 380 g/mol. The van der Waals surface area contributed by atoms with E-state index in [1.165, 1.54) is 31.2 Å². The van der Waals surface area contributed by atoms with Gasteiger partial charge < -0.3 is 20.0 Å². The van der Waals surface area contributed by atoms with Crippen LogP contribution in [0.3, 0.4) is 0 Å². The van der Waals surface area contributed by atoms with E-state index in [9.17, 15) is 4.79 Å². The number of amides is 1. The molecule has 1 fully saturated rings. The predicted octanol–water partition coefficient (Wildman–Crippen LogP) is 4.80. The molecule has 1 aliphatic carbocycles. The van der Waals surface area contributed by atoms with Crippen molar-refractivity contribution in [2.75, 3.05) is 10.6 Å². The fourth-order valence-electron chi connectivity index (χ4n) is 3.78. The maximum absolute atomic E-state index is 12.5. The van der Waals surface area contributed by atoms with Crippen LogP contribution >= 0.6 is 0 Å². The molecular formula is C22H21N6O2. The molecule has 8 heteroatoms. The normalized spacial score (nSPS) is 14.7. The van der Waals surface area contributed by atoms with Gasteiger partial charge in [-0.15, -0.1) is 5.10 Å². The van der Waals surface area contributed by atoms with Gasteiger partial charge in [0.15, 0.2) is 0 Å². The average molecular weight is 401 g/mol. The molecule has 3 aromatic heterocycles. The van der Waals surface area contributed by atoms with Crippen LogP contribution in [0.15, 0.2) is 53.2 Å². The Hall–Kier alpha value is -3.68. The first-order chi connectivity index (χ1) is 14.7. The molecule has 1 amide bonds. The lowest BCUT2D eigenvalue weighted by molar-refractivity contribution is 0.0991. The molecule has 30 heavy (non-hydrogen) atoms. The molecule has 0 atom stereocenters. The van der Waals surface area contributed by atoms with Gasteiger partial charge >= 0.3 is 17.8 Å². The van der Waals surface area contributed by atoms with E-state index < -0.39 is 5.91 Å². The summed E-state index contributed by atoms with van der Waals surface area (Å²) in [5.74, 6) is 0.0409. The number of anilines is 3. The second kappa shape index (κ2) is 7.98. The number of nitrogens with one attached hydrogen (secondary N) is 3. The van der Waals surface area contributed by atoms with E-state index in [4.69, 9.17) is 4.42 Å². The highest BCUT2D eigenvalue weighted by Gasteiger charge is 2.17. The molecule has 4 aromatic rings. The largest absolute Gasteiger partial charge is 0.399 e. The van der Waals surface area contributed by atoms with Crippen LogP contribution in [0.1, 0.15) is 47.8 Å². The third kappa shape index (κ3) is 3.89. The number of nitrogens with zero attached hydrogens (tertiary/aromatic N) is 3. The summed E-state index contributed by atoms with van der Waals surface area (Å²) in [6.07, 6.45) is 10.5. The summed E-state index contributed by atoms with van der Waals surface area (Å²) in [6.45, 7) is 0. The number of H-pyrrole nitrogens is 1. The van der Waals surface area contributed by atoms with E-state index in [-0.39, 0.29) is 11.9 Å². The third-order valence-corrected chi connectivity index (χ3v) is 5.35. The summed E-state index contributed by atoms with van der Waals surface area (Å²) in [4.78, 5) is 19.8. The Labute approximate surface area is 173 Å². The number of hydrogen-bond acceptors (Lipinski definition) is 6. The van der Waals surface area contributed by atoms with Gasteiger partial charge in [-0.3, -0.25) is 4.79 Å². The topological polar surface area (TPSA) is 109 Å². The number of rotatable bonds is 5. The predicted molar refractivity (Wildman–Crippen MR) is 114 cm³/mol. The highest BCUT2D eigenvalue weighted by Crippen LogP contribution is 2.32. The van der Waals surface area contributed by atoms with Crippen LogP contribution in [0.25, 0.3) is 11.0 Å². The van der Waals surface area contributed by atoms with E-state index in [1.54, 1.807) is 6.20 Å². The fraction of sp³-hybridized carbons (Fsp3) is 0.227. The minimum Gasteiger partial charge on any atom is -0.399 e. The zero-order valence-corrected chi connectivity index (χ0v) is 16.3. The van der Waals surface area contributed by atoms with Crippen LogP contribution in [-0.2, 0) is 0 Å². The first kappa shape index (κ1) is 18.4. The number of benzene rings is 1. The summed E-state index contributed by atoms with van der Waals surface area (Å²) >= 11 is 0. The molecule has 151 valence electrons. The van der Waals surface area contributed by atoms with Crippen molar-refractivity contribution in [3.8, 4) is 0 Å². The smallest absolute Gasteiger partial charge is 0.320 e. The third-order valence-electron chi connectivity index (χ3n) is 5.35. The lowest BCUT2D eigenvalue weighted by Gasteiger charge is -2.21. The highest BCUT2D eigenvalue weighted by molar-refractivity contribution is 6.00. The summed E-state index contributed by atoms with van der Waals surface area (Å²) < 4.78 is 5.45. The minimum absolute atomic E-state index is 0.111. The molecule has 0 spiro atoms. The Morgan fingerprint density at radius 1 is 1.07 bits per heavy atom. The molecule has 0 bridgehead atoms. The van der Waals surface area contributed by atoms with Gasteiger partial charge in [0.05, 0.1) is 11.9 Å². The van der Waals surface area contributed by atoms with Crippen LogP contribution in [0.2, 0.25) is 0 Å². The van der Waals surface area contributed by atoms with E-state index in [2.05, 4.69) is 49.4 Å². The molecule has 3 heterocycles. The molecule has 1 radical (unpaired) electrons. The maximum Gasteiger partial charge on any atom is 0.320 e. The van der Waals surface area contributed by atoms with Gasteiger partial charge in [0.25, 0.3) is 0 Å². The number of fused-ring (bicyclic) bond motifs is 1. The van der Waals surface area contributed by atoms with Crippen molar-refractivity contribution in [2.24, 2.45) is 0 Å². The molecule has 8 nitrogen and oxygen atoms in total. The summed E-state index contributed by atoms with van der Waals surface area (Å²) in [7, 11) is 0. The van der Waals surface area contributed by atoms with Gasteiger partial charge in [-0.25, -0.2) is 4.98 Å². The molecule has 1 saturated carbocycles. The first-order valence-electron chi connectivity index (χ1n) is 10.0. The second-order valence-electron chi connectivity index (χ2n) is 7.39. The van der Waals surface area contributed by atoms with Crippen molar-refractivity contribution < 1.29 is 9.21 Å². The lowest BCUT2D eigenvalue weighted by atomic mass is 9.84. The van der Waals surface area contributed by atoms with Crippen molar-refractivity contribution >= 4 is 34.3 Å². The lowest BCUT2D eigenvalue weighted by Crippen LogP contribution is -2.12. The van der Waals surface area contributed by atoms with E-state index in [0.29, 0.717) is 17.3 Å². The van der Waals surface area contributed by atoms with Crippen LogP contribution in [-0.4, -0.2) is 26.1 Å². The molecule has 1 aromatic carbocycles. The Kier molecular flexibility index (Phi) is 4.88. The van der Waals surface area contributed by atoms with Gasteiger partial charge in [0.1, 0.15) is 5.65 Å². The molecule has 0 saturated heterocycles. The standard InChI is InChI=1S/C22H21N6O2/c29-20(25-17-8-6-15(7-9-17)14-4-2-1-3-5-14)21-27-28-22(30-21)26-18-12-16-10-11-23-19(16)24-13-18/h1,6-14H,2-5H2,(H,23,24)(H,25,29)(H,26,28). The zero-order chi connectivity index (χ0) is 20.3. The van der Waals surface area contributed by atoms with Crippen molar-refractivity contribution in [1.29, 1.82) is 0 Å². The SMILES string of the molecule is O=C(Nc1ccc(C2CC[CH]CC2)cc1)c1nnc(Nc2cnc3[nH]ccc3c2)o1. The van der Waals surface area contributed by atoms with E-state index >= 15 is 0 Å².